The van der Waals surface area contributed by atoms with Gasteiger partial charge in [0.2, 0.25) is 5.91 Å². The summed E-state index contributed by atoms with van der Waals surface area (Å²) in [5.74, 6) is 0.996. The van der Waals surface area contributed by atoms with Crippen LogP contribution in [0.3, 0.4) is 0 Å². The van der Waals surface area contributed by atoms with Crippen LogP contribution in [-0.4, -0.2) is 54.0 Å². The molecule has 104 valence electrons. The zero-order valence-corrected chi connectivity index (χ0v) is 12.0. The number of nitrogens with one attached hydrogen (secondary N) is 1. The average molecular weight is 271 g/mol. The molecule has 2 aliphatic rings. The third-order valence-electron chi connectivity index (χ3n) is 4.14. The molecule has 0 radical (unpaired) electrons. The van der Waals surface area contributed by atoms with Crippen LogP contribution in [-0.2, 0) is 4.79 Å². The van der Waals surface area contributed by atoms with Gasteiger partial charge in [0.15, 0.2) is 0 Å². The Labute approximate surface area is 114 Å². The fourth-order valence-corrected chi connectivity index (χ4v) is 3.53. The van der Waals surface area contributed by atoms with E-state index in [1.165, 1.54) is 19.4 Å². The van der Waals surface area contributed by atoms with Crippen LogP contribution < -0.4 is 11.1 Å². The maximum atomic E-state index is 12.0. The molecule has 0 bridgehead atoms. The predicted octanol–water partition coefficient (Wildman–Crippen LogP) is 0.810. The molecule has 0 saturated carbocycles. The van der Waals surface area contributed by atoms with Crippen LogP contribution in [0.15, 0.2) is 0 Å². The molecule has 3 atom stereocenters. The lowest BCUT2D eigenvalue weighted by Gasteiger charge is -2.35. The highest BCUT2D eigenvalue weighted by Crippen LogP contribution is 2.26. The van der Waals surface area contributed by atoms with Crippen LogP contribution in [0.5, 0.6) is 0 Å². The summed E-state index contributed by atoms with van der Waals surface area (Å²) in [7, 11) is 0. The zero-order chi connectivity index (χ0) is 13.0. The first-order valence-electron chi connectivity index (χ1n) is 6.99. The van der Waals surface area contributed by atoms with E-state index in [0.29, 0.717) is 12.1 Å². The third-order valence-corrected chi connectivity index (χ3v) is 4.78. The minimum absolute atomic E-state index is 0.0421. The van der Waals surface area contributed by atoms with E-state index in [9.17, 15) is 4.79 Å². The normalized spacial score (nSPS) is 29.9. The van der Waals surface area contributed by atoms with Crippen LogP contribution in [0, 0.1) is 0 Å². The molecule has 18 heavy (non-hydrogen) atoms. The summed E-state index contributed by atoms with van der Waals surface area (Å²) in [6.07, 6.45) is 7.62. The molecule has 2 heterocycles. The molecule has 1 amide bonds. The van der Waals surface area contributed by atoms with E-state index >= 15 is 0 Å². The van der Waals surface area contributed by atoms with Crippen molar-refractivity contribution in [2.45, 2.75) is 50.2 Å². The van der Waals surface area contributed by atoms with Gasteiger partial charge in [-0.15, -0.1) is 0 Å². The monoisotopic (exact) mass is 271 g/mol. The number of carbonyl (C=O) groups is 1. The topological polar surface area (TPSA) is 58.4 Å². The Kier molecular flexibility index (Phi) is 5.33. The molecule has 2 saturated heterocycles. The van der Waals surface area contributed by atoms with Crippen molar-refractivity contribution in [3.8, 4) is 0 Å². The Morgan fingerprint density at radius 3 is 3.11 bits per heavy atom. The summed E-state index contributed by atoms with van der Waals surface area (Å²) in [4.78, 5) is 14.5. The summed E-state index contributed by atoms with van der Waals surface area (Å²) in [6.45, 7) is 2.38. The summed E-state index contributed by atoms with van der Waals surface area (Å²) in [5.41, 5.74) is 5.89. The second-order valence-corrected chi connectivity index (χ2v) is 6.44. The minimum atomic E-state index is -0.334. The first kappa shape index (κ1) is 14.2. The number of carbonyl (C=O) groups excluding carboxylic acids is 1. The zero-order valence-electron chi connectivity index (χ0n) is 11.2. The summed E-state index contributed by atoms with van der Waals surface area (Å²) >= 11 is 1.74. The molecule has 0 aromatic heterocycles. The number of hydrogen-bond donors (Lipinski definition) is 2. The minimum Gasteiger partial charge on any atom is -0.352 e. The molecule has 0 aliphatic carbocycles. The van der Waals surface area contributed by atoms with E-state index in [1.807, 2.05) is 6.26 Å². The number of nitrogens with zero attached hydrogens (tertiary/aromatic N) is 1. The molecule has 2 unspecified atom stereocenters. The lowest BCUT2D eigenvalue weighted by Crippen LogP contribution is -2.51. The molecule has 2 rings (SSSR count). The van der Waals surface area contributed by atoms with E-state index in [-0.39, 0.29) is 11.9 Å². The number of amides is 1. The van der Waals surface area contributed by atoms with Crippen molar-refractivity contribution in [2.75, 3.05) is 25.1 Å². The standard InChI is InChI=1S/C13H25N3OS/c1-18-8-5-12(14)13(17)15-10-4-7-16-6-2-3-11(16)9-10/h10-12H,2-9,14H2,1H3,(H,15,17)/t10?,11?,12-/m0/s1. The summed E-state index contributed by atoms with van der Waals surface area (Å²) in [5, 5.41) is 3.14. The second-order valence-electron chi connectivity index (χ2n) is 5.45. The number of thioether (sulfide) groups is 1. The smallest absolute Gasteiger partial charge is 0.237 e. The van der Waals surface area contributed by atoms with Crippen LogP contribution in [0.4, 0.5) is 0 Å². The van der Waals surface area contributed by atoms with Crippen LogP contribution >= 0.6 is 11.8 Å². The Balaban J connectivity index is 1.74. The maximum absolute atomic E-state index is 12.0. The molecule has 0 spiro atoms. The number of nitrogens with two attached hydrogens (primary N) is 1. The lowest BCUT2D eigenvalue weighted by molar-refractivity contribution is -0.123. The van der Waals surface area contributed by atoms with Gasteiger partial charge in [-0.3, -0.25) is 4.79 Å². The summed E-state index contributed by atoms with van der Waals surface area (Å²) in [6, 6.07) is 0.711. The highest BCUT2D eigenvalue weighted by Gasteiger charge is 2.32. The van der Waals surface area contributed by atoms with Crippen molar-refractivity contribution in [1.82, 2.24) is 10.2 Å². The van der Waals surface area contributed by atoms with Gasteiger partial charge in [-0.2, -0.15) is 11.8 Å². The Morgan fingerprint density at radius 2 is 2.33 bits per heavy atom. The van der Waals surface area contributed by atoms with Gasteiger partial charge in [0.25, 0.3) is 0 Å². The van der Waals surface area contributed by atoms with Crippen LogP contribution in [0.2, 0.25) is 0 Å². The van der Waals surface area contributed by atoms with E-state index in [1.54, 1.807) is 11.8 Å². The van der Waals surface area contributed by atoms with Crippen molar-refractivity contribution in [2.24, 2.45) is 5.73 Å². The Hall–Kier alpha value is -0.260. The largest absolute Gasteiger partial charge is 0.352 e. The second kappa shape index (κ2) is 6.78. The van der Waals surface area contributed by atoms with E-state index in [2.05, 4.69) is 10.2 Å². The molecule has 3 N–H and O–H groups in total. The van der Waals surface area contributed by atoms with Crippen molar-refractivity contribution < 1.29 is 4.79 Å². The van der Waals surface area contributed by atoms with E-state index in [4.69, 9.17) is 5.73 Å². The number of fused-ring (bicyclic) bond motifs is 1. The average Bonchev–Trinajstić information content (AvgIpc) is 2.83. The SMILES string of the molecule is CSCC[C@H](N)C(=O)NC1CCN2CCCC2C1. The van der Waals surface area contributed by atoms with Crippen LogP contribution in [0.1, 0.15) is 32.1 Å². The van der Waals surface area contributed by atoms with Gasteiger partial charge in [-0.05, 0) is 50.7 Å². The first-order chi connectivity index (χ1) is 8.70. The van der Waals surface area contributed by atoms with Crippen molar-refractivity contribution in [3.05, 3.63) is 0 Å². The molecule has 2 fully saturated rings. The molecule has 4 nitrogen and oxygen atoms in total. The quantitative estimate of drug-likeness (QED) is 0.777. The molecular formula is C13H25N3OS. The molecule has 2 aliphatic heterocycles. The van der Waals surface area contributed by atoms with E-state index < -0.39 is 0 Å². The van der Waals surface area contributed by atoms with E-state index in [0.717, 1.165) is 31.6 Å². The van der Waals surface area contributed by atoms with Gasteiger partial charge in [-0.1, -0.05) is 0 Å². The molecule has 5 heteroatoms. The summed E-state index contributed by atoms with van der Waals surface area (Å²) < 4.78 is 0. The van der Waals surface area contributed by atoms with Gasteiger partial charge in [0, 0.05) is 18.6 Å². The molecule has 0 aromatic carbocycles. The van der Waals surface area contributed by atoms with Gasteiger partial charge in [0.1, 0.15) is 0 Å². The Bertz CT molecular complexity index is 287. The predicted molar refractivity (Wildman–Crippen MR) is 76.7 cm³/mol. The highest BCUT2D eigenvalue weighted by atomic mass is 32.2. The highest BCUT2D eigenvalue weighted by molar-refractivity contribution is 7.98. The van der Waals surface area contributed by atoms with Crippen molar-refractivity contribution in [1.29, 1.82) is 0 Å². The Morgan fingerprint density at radius 1 is 1.50 bits per heavy atom. The van der Waals surface area contributed by atoms with Crippen molar-refractivity contribution >= 4 is 17.7 Å². The maximum Gasteiger partial charge on any atom is 0.237 e. The number of hydrogen-bond acceptors (Lipinski definition) is 4. The number of piperidine rings is 1. The first-order valence-corrected chi connectivity index (χ1v) is 8.39. The van der Waals surface area contributed by atoms with Gasteiger partial charge < -0.3 is 16.0 Å². The fourth-order valence-electron chi connectivity index (χ4n) is 3.04. The van der Waals surface area contributed by atoms with Crippen molar-refractivity contribution in [3.63, 3.8) is 0 Å². The number of rotatable bonds is 5. The van der Waals surface area contributed by atoms with Crippen LogP contribution in [0.25, 0.3) is 0 Å². The molecule has 0 aromatic rings. The molecular weight excluding hydrogens is 246 g/mol. The van der Waals surface area contributed by atoms with Gasteiger partial charge >= 0.3 is 0 Å². The lowest BCUT2D eigenvalue weighted by atomic mass is 9.97. The van der Waals surface area contributed by atoms with Gasteiger partial charge in [0.05, 0.1) is 6.04 Å². The van der Waals surface area contributed by atoms with Gasteiger partial charge in [-0.25, -0.2) is 0 Å². The fraction of sp³-hybridized carbons (Fsp3) is 0.923. The third kappa shape index (κ3) is 3.62.